The molecule has 4 aromatic rings. The average Bonchev–Trinajstić information content (AvgIpc) is 2.99. The van der Waals surface area contributed by atoms with E-state index in [1.807, 2.05) is 64.1 Å². The number of nitrogens with one attached hydrogen (secondary N) is 1. The van der Waals surface area contributed by atoms with E-state index in [-0.39, 0.29) is 29.8 Å². The van der Waals surface area contributed by atoms with Crippen molar-refractivity contribution in [3.63, 3.8) is 0 Å². The number of sulfonamides is 1. The van der Waals surface area contributed by atoms with Gasteiger partial charge in [0.25, 0.3) is 10.0 Å². The Labute approximate surface area is 275 Å². The van der Waals surface area contributed by atoms with Gasteiger partial charge in [0.05, 0.1) is 10.6 Å². The number of hydrogen-bond acceptors (Lipinski definition) is 4. The molecule has 4 rings (SSSR count). The predicted molar refractivity (Wildman–Crippen MR) is 181 cm³/mol. The molecule has 4 aromatic carbocycles. The molecule has 0 unspecified atom stereocenters. The van der Waals surface area contributed by atoms with Crippen LogP contribution >= 0.6 is 23.2 Å². The second-order valence-corrected chi connectivity index (χ2v) is 13.9. The zero-order valence-corrected chi connectivity index (χ0v) is 28.0. The van der Waals surface area contributed by atoms with Gasteiger partial charge >= 0.3 is 0 Å². The summed E-state index contributed by atoms with van der Waals surface area (Å²) in [6, 6.07) is 26.5. The van der Waals surface area contributed by atoms with Crippen LogP contribution < -0.4 is 9.62 Å². The highest BCUT2D eigenvalue weighted by molar-refractivity contribution is 7.92. The molecule has 0 radical (unpaired) electrons. The zero-order valence-electron chi connectivity index (χ0n) is 25.7. The Morgan fingerprint density at radius 3 is 2.02 bits per heavy atom. The summed E-state index contributed by atoms with van der Waals surface area (Å²) in [7, 11) is -4.20. The Balaban J connectivity index is 1.84. The molecular formula is C35H37Cl2N3O4S. The van der Waals surface area contributed by atoms with E-state index in [0.717, 1.165) is 21.0 Å². The summed E-state index contributed by atoms with van der Waals surface area (Å²) >= 11 is 13.1. The molecule has 0 aliphatic heterocycles. The van der Waals surface area contributed by atoms with Crippen LogP contribution in [-0.2, 0) is 32.6 Å². The molecule has 2 amide bonds. The fourth-order valence-corrected chi connectivity index (χ4v) is 6.86. The third kappa shape index (κ3) is 8.66. The van der Waals surface area contributed by atoms with Crippen LogP contribution in [0.3, 0.4) is 0 Å². The molecule has 0 heterocycles. The molecule has 0 fully saturated rings. The molecule has 1 N–H and O–H groups in total. The minimum Gasteiger partial charge on any atom is -0.352 e. The van der Waals surface area contributed by atoms with E-state index in [0.29, 0.717) is 21.3 Å². The Morgan fingerprint density at radius 2 is 1.42 bits per heavy atom. The minimum atomic E-state index is -4.20. The Hall–Kier alpha value is -3.85. The lowest BCUT2D eigenvalue weighted by Gasteiger charge is -2.34. The van der Waals surface area contributed by atoms with Gasteiger partial charge in [-0.25, -0.2) is 8.42 Å². The summed E-state index contributed by atoms with van der Waals surface area (Å²) in [4.78, 5) is 29.8. The summed E-state index contributed by atoms with van der Waals surface area (Å²) in [5, 5.41) is 3.59. The number of nitrogens with zero attached hydrogens (tertiary/aromatic N) is 2. The molecular weight excluding hydrogens is 629 g/mol. The Morgan fingerprint density at radius 1 is 0.800 bits per heavy atom. The van der Waals surface area contributed by atoms with Crippen molar-refractivity contribution in [1.82, 2.24) is 10.2 Å². The van der Waals surface area contributed by atoms with Crippen molar-refractivity contribution in [3.05, 3.63) is 129 Å². The molecule has 236 valence electrons. The van der Waals surface area contributed by atoms with Crippen molar-refractivity contribution in [1.29, 1.82) is 0 Å². The van der Waals surface area contributed by atoms with Gasteiger partial charge in [-0.05, 0) is 75.2 Å². The van der Waals surface area contributed by atoms with Crippen LogP contribution in [0.2, 0.25) is 10.0 Å². The van der Waals surface area contributed by atoms with Crippen LogP contribution in [-0.4, -0.2) is 43.8 Å². The Kier molecular flexibility index (Phi) is 11.3. The van der Waals surface area contributed by atoms with E-state index in [9.17, 15) is 18.0 Å². The molecule has 0 aliphatic carbocycles. The summed E-state index contributed by atoms with van der Waals surface area (Å²) in [5.74, 6) is -0.975. The maximum absolute atomic E-state index is 14.5. The smallest absolute Gasteiger partial charge is 0.264 e. The number of hydrogen-bond donors (Lipinski definition) is 1. The molecule has 0 spiro atoms. The van der Waals surface area contributed by atoms with E-state index >= 15 is 0 Å². The number of carbonyl (C=O) groups excluding carboxylic acids is 2. The maximum atomic E-state index is 14.5. The number of aryl methyl sites for hydroxylation is 2. The lowest BCUT2D eigenvalue weighted by atomic mass is 10.0. The lowest BCUT2D eigenvalue weighted by Crippen LogP contribution is -2.54. The molecule has 10 heteroatoms. The first kappa shape index (κ1) is 34.0. The second kappa shape index (κ2) is 15.0. The van der Waals surface area contributed by atoms with Crippen molar-refractivity contribution in [2.75, 3.05) is 10.8 Å². The average molecular weight is 667 g/mol. The molecule has 0 bridgehead atoms. The summed E-state index contributed by atoms with van der Waals surface area (Å²) in [5.41, 5.74) is 3.32. The molecule has 0 saturated heterocycles. The molecule has 0 aliphatic rings. The van der Waals surface area contributed by atoms with Gasteiger partial charge in [-0.15, -0.1) is 0 Å². The summed E-state index contributed by atoms with van der Waals surface area (Å²) < 4.78 is 29.4. The third-order valence-corrected chi connectivity index (χ3v) is 9.77. The fourth-order valence-electron chi connectivity index (χ4n) is 4.94. The number of amides is 2. The van der Waals surface area contributed by atoms with Crippen molar-refractivity contribution < 1.29 is 18.0 Å². The highest BCUT2D eigenvalue weighted by Gasteiger charge is 2.35. The van der Waals surface area contributed by atoms with Crippen molar-refractivity contribution in [2.45, 2.75) is 57.6 Å². The molecule has 0 saturated carbocycles. The second-order valence-electron chi connectivity index (χ2n) is 11.3. The van der Waals surface area contributed by atoms with Crippen LogP contribution in [0.25, 0.3) is 0 Å². The number of benzene rings is 4. The summed E-state index contributed by atoms with van der Waals surface area (Å²) in [6.45, 7) is 6.70. The fraction of sp³-hybridized carbons (Fsp3) is 0.257. The maximum Gasteiger partial charge on any atom is 0.264 e. The Bertz CT molecular complexity index is 1730. The number of halogens is 2. The normalized spacial score (nSPS) is 12.1. The van der Waals surface area contributed by atoms with Crippen molar-refractivity contribution in [2.24, 2.45) is 0 Å². The quantitative estimate of drug-likeness (QED) is 0.177. The standard InChI is InChI=1S/C35H37Cl2N3O4S/c1-24(2)38-35(42)33(21-27-11-6-5-7-12-27)39(22-30-31(36)14-9-15-32(30)37)34(41)23-40(28-13-8-10-26(4)20-28)45(43,44)29-18-16-25(3)17-19-29/h5-20,24,33H,21-23H2,1-4H3,(H,38,42)/t33-/m0/s1. The van der Waals surface area contributed by atoms with E-state index < -0.39 is 28.5 Å². The highest BCUT2D eigenvalue weighted by atomic mass is 35.5. The molecule has 0 aromatic heterocycles. The van der Waals surface area contributed by atoms with E-state index in [2.05, 4.69) is 5.32 Å². The van der Waals surface area contributed by atoms with E-state index in [1.165, 1.54) is 17.0 Å². The zero-order chi connectivity index (χ0) is 32.7. The van der Waals surface area contributed by atoms with Crippen molar-refractivity contribution in [3.8, 4) is 0 Å². The van der Waals surface area contributed by atoms with E-state index in [4.69, 9.17) is 23.2 Å². The SMILES string of the molecule is Cc1ccc(S(=O)(=O)N(CC(=O)N(Cc2c(Cl)cccc2Cl)[C@@H](Cc2ccccc2)C(=O)NC(C)C)c2cccc(C)c2)cc1. The van der Waals surface area contributed by atoms with Crippen LogP contribution in [0.5, 0.6) is 0 Å². The first-order valence-corrected chi connectivity index (χ1v) is 16.8. The van der Waals surface area contributed by atoms with Crippen LogP contribution in [0.15, 0.2) is 102 Å². The summed E-state index contributed by atoms with van der Waals surface area (Å²) in [6.07, 6.45) is 0.183. The molecule has 1 atom stereocenters. The van der Waals surface area contributed by atoms with Gasteiger partial charge in [0.15, 0.2) is 0 Å². The van der Waals surface area contributed by atoms with Gasteiger partial charge < -0.3 is 10.2 Å². The number of anilines is 1. The van der Waals surface area contributed by atoms with Gasteiger partial charge in [0.1, 0.15) is 12.6 Å². The topological polar surface area (TPSA) is 86.8 Å². The molecule has 45 heavy (non-hydrogen) atoms. The monoisotopic (exact) mass is 665 g/mol. The minimum absolute atomic E-state index is 0.0430. The van der Waals surface area contributed by atoms with Gasteiger partial charge in [-0.1, -0.05) is 89.4 Å². The number of rotatable bonds is 12. The van der Waals surface area contributed by atoms with Gasteiger partial charge in [0.2, 0.25) is 11.8 Å². The lowest BCUT2D eigenvalue weighted by molar-refractivity contribution is -0.140. The molecule has 7 nitrogen and oxygen atoms in total. The van der Waals surface area contributed by atoms with Crippen LogP contribution in [0, 0.1) is 13.8 Å². The van der Waals surface area contributed by atoms with Gasteiger partial charge in [-0.2, -0.15) is 0 Å². The highest BCUT2D eigenvalue weighted by Crippen LogP contribution is 2.29. The van der Waals surface area contributed by atoms with Crippen molar-refractivity contribution >= 4 is 50.7 Å². The number of carbonyl (C=O) groups is 2. The first-order valence-electron chi connectivity index (χ1n) is 14.6. The van der Waals surface area contributed by atoms with Gasteiger partial charge in [0, 0.05) is 34.6 Å². The third-order valence-electron chi connectivity index (χ3n) is 7.27. The van der Waals surface area contributed by atoms with Gasteiger partial charge in [-0.3, -0.25) is 13.9 Å². The van der Waals surface area contributed by atoms with Crippen LogP contribution in [0.4, 0.5) is 5.69 Å². The van der Waals surface area contributed by atoms with E-state index in [1.54, 1.807) is 48.5 Å². The largest absolute Gasteiger partial charge is 0.352 e. The predicted octanol–water partition coefficient (Wildman–Crippen LogP) is 6.97. The van der Waals surface area contributed by atoms with Crippen LogP contribution in [0.1, 0.15) is 36.1 Å². The first-order chi connectivity index (χ1) is 21.4.